The third kappa shape index (κ3) is 1.83. The fourth-order valence-electron chi connectivity index (χ4n) is 1.41. The lowest BCUT2D eigenvalue weighted by Crippen LogP contribution is -2.13. The van der Waals surface area contributed by atoms with E-state index in [-0.39, 0.29) is 5.41 Å². The zero-order valence-electron chi connectivity index (χ0n) is 7.05. The highest BCUT2D eigenvalue weighted by Gasteiger charge is 2.36. The summed E-state index contributed by atoms with van der Waals surface area (Å²) in [7, 11) is 0. The summed E-state index contributed by atoms with van der Waals surface area (Å²) in [5, 5.41) is 0. The predicted molar refractivity (Wildman–Crippen MR) is 41.7 cm³/mol. The molecule has 1 aliphatic carbocycles. The second-order valence-corrected chi connectivity index (χ2v) is 4.28. The van der Waals surface area contributed by atoms with E-state index < -0.39 is 0 Å². The number of carbonyl (C=O) groups is 1. The van der Waals surface area contributed by atoms with Crippen LogP contribution >= 0.6 is 0 Å². The molecular weight excluding hydrogens is 124 g/mol. The Morgan fingerprint density at radius 1 is 1.60 bits per heavy atom. The van der Waals surface area contributed by atoms with Crippen molar-refractivity contribution in [2.24, 2.45) is 17.3 Å². The Labute approximate surface area is 62.8 Å². The minimum Gasteiger partial charge on any atom is -0.303 e. The number of aldehydes is 1. The summed E-state index contributed by atoms with van der Waals surface area (Å²) in [5.41, 5.74) is -0.0740. The highest BCUT2D eigenvalue weighted by molar-refractivity contribution is 5.57. The fraction of sp³-hybridized carbons (Fsp3) is 0.889. The van der Waals surface area contributed by atoms with Gasteiger partial charge in [-0.3, -0.25) is 0 Å². The summed E-state index contributed by atoms with van der Waals surface area (Å²) in [6.45, 7) is 6.29. The third-order valence-corrected chi connectivity index (χ3v) is 2.38. The zero-order valence-corrected chi connectivity index (χ0v) is 7.05. The normalized spacial score (nSPS) is 31.9. The van der Waals surface area contributed by atoms with E-state index in [1.54, 1.807) is 0 Å². The van der Waals surface area contributed by atoms with E-state index in [1.807, 2.05) is 13.8 Å². The van der Waals surface area contributed by atoms with Gasteiger partial charge in [-0.1, -0.05) is 20.8 Å². The number of rotatable bonds is 3. The standard InChI is InChI=1S/C9H16O/c1-7-4-8(7)5-9(2,3)6-10/h6-8H,4-5H2,1-3H3. The van der Waals surface area contributed by atoms with E-state index in [0.717, 1.165) is 24.5 Å². The van der Waals surface area contributed by atoms with Gasteiger partial charge in [0.2, 0.25) is 0 Å². The van der Waals surface area contributed by atoms with Crippen LogP contribution in [-0.2, 0) is 4.79 Å². The zero-order chi connectivity index (χ0) is 7.78. The van der Waals surface area contributed by atoms with Crippen LogP contribution in [0.3, 0.4) is 0 Å². The van der Waals surface area contributed by atoms with Gasteiger partial charge in [0.05, 0.1) is 0 Å². The van der Waals surface area contributed by atoms with Gasteiger partial charge in [-0.15, -0.1) is 0 Å². The lowest BCUT2D eigenvalue weighted by atomic mass is 9.88. The molecule has 0 saturated heterocycles. The van der Waals surface area contributed by atoms with Crippen molar-refractivity contribution in [3.8, 4) is 0 Å². The molecule has 58 valence electrons. The van der Waals surface area contributed by atoms with Crippen LogP contribution in [-0.4, -0.2) is 6.29 Å². The Kier molecular flexibility index (Phi) is 1.84. The molecule has 0 aromatic rings. The number of hydrogen-bond acceptors (Lipinski definition) is 1. The molecule has 1 nitrogen and oxygen atoms in total. The Morgan fingerprint density at radius 2 is 2.10 bits per heavy atom. The van der Waals surface area contributed by atoms with Crippen LogP contribution in [0.25, 0.3) is 0 Å². The van der Waals surface area contributed by atoms with Crippen molar-refractivity contribution in [3.05, 3.63) is 0 Å². The van der Waals surface area contributed by atoms with Crippen LogP contribution in [0.1, 0.15) is 33.6 Å². The highest BCUT2D eigenvalue weighted by Crippen LogP contribution is 2.44. The Balaban J connectivity index is 2.30. The van der Waals surface area contributed by atoms with Gasteiger partial charge in [-0.05, 0) is 24.7 Å². The lowest BCUT2D eigenvalue weighted by Gasteiger charge is -2.15. The number of carbonyl (C=O) groups excluding carboxylic acids is 1. The minimum atomic E-state index is -0.0740. The van der Waals surface area contributed by atoms with E-state index in [9.17, 15) is 4.79 Å². The Bertz CT molecular complexity index is 138. The van der Waals surface area contributed by atoms with Gasteiger partial charge < -0.3 is 4.79 Å². The van der Waals surface area contributed by atoms with E-state index in [1.165, 1.54) is 6.42 Å². The van der Waals surface area contributed by atoms with Gasteiger partial charge in [0, 0.05) is 5.41 Å². The molecule has 0 aromatic heterocycles. The molecule has 0 bridgehead atoms. The molecular formula is C9H16O. The maximum Gasteiger partial charge on any atom is 0.125 e. The maximum atomic E-state index is 10.5. The van der Waals surface area contributed by atoms with E-state index in [2.05, 4.69) is 6.92 Å². The molecule has 1 rings (SSSR count). The van der Waals surface area contributed by atoms with Crippen LogP contribution in [0.15, 0.2) is 0 Å². The smallest absolute Gasteiger partial charge is 0.125 e. The molecule has 1 heteroatoms. The molecule has 0 amide bonds. The molecule has 10 heavy (non-hydrogen) atoms. The highest BCUT2D eigenvalue weighted by atomic mass is 16.1. The first-order valence-corrected chi connectivity index (χ1v) is 4.01. The molecule has 0 heterocycles. The van der Waals surface area contributed by atoms with Crippen LogP contribution in [0, 0.1) is 17.3 Å². The van der Waals surface area contributed by atoms with Gasteiger partial charge in [-0.25, -0.2) is 0 Å². The average Bonchev–Trinajstić information content (AvgIpc) is 2.46. The van der Waals surface area contributed by atoms with Crippen LogP contribution in [0.4, 0.5) is 0 Å². The van der Waals surface area contributed by atoms with Crippen LogP contribution in [0.2, 0.25) is 0 Å². The van der Waals surface area contributed by atoms with Gasteiger partial charge in [0.15, 0.2) is 0 Å². The summed E-state index contributed by atoms with van der Waals surface area (Å²) < 4.78 is 0. The summed E-state index contributed by atoms with van der Waals surface area (Å²) in [5.74, 6) is 1.71. The van der Waals surface area contributed by atoms with Crippen molar-refractivity contribution in [2.75, 3.05) is 0 Å². The predicted octanol–water partition coefficient (Wildman–Crippen LogP) is 2.26. The second kappa shape index (κ2) is 2.37. The molecule has 0 aromatic carbocycles. The van der Waals surface area contributed by atoms with Crippen molar-refractivity contribution in [1.29, 1.82) is 0 Å². The first-order valence-electron chi connectivity index (χ1n) is 4.01. The molecule has 1 saturated carbocycles. The Morgan fingerprint density at radius 3 is 2.40 bits per heavy atom. The average molecular weight is 140 g/mol. The number of hydrogen-bond donors (Lipinski definition) is 0. The van der Waals surface area contributed by atoms with Gasteiger partial charge in [-0.2, -0.15) is 0 Å². The topological polar surface area (TPSA) is 17.1 Å². The van der Waals surface area contributed by atoms with Gasteiger partial charge >= 0.3 is 0 Å². The molecule has 0 aliphatic heterocycles. The SMILES string of the molecule is CC1CC1CC(C)(C)C=O. The monoisotopic (exact) mass is 140 g/mol. The summed E-state index contributed by atoms with van der Waals surface area (Å²) in [6, 6.07) is 0. The van der Waals surface area contributed by atoms with Crippen molar-refractivity contribution in [2.45, 2.75) is 33.6 Å². The van der Waals surface area contributed by atoms with Crippen LogP contribution < -0.4 is 0 Å². The van der Waals surface area contributed by atoms with E-state index in [0.29, 0.717) is 0 Å². The molecule has 1 aliphatic rings. The lowest BCUT2D eigenvalue weighted by molar-refractivity contribution is -0.115. The third-order valence-electron chi connectivity index (χ3n) is 2.38. The summed E-state index contributed by atoms with van der Waals surface area (Å²) >= 11 is 0. The largest absolute Gasteiger partial charge is 0.303 e. The molecule has 0 spiro atoms. The van der Waals surface area contributed by atoms with Crippen molar-refractivity contribution >= 4 is 6.29 Å². The fourth-order valence-corrected chi connectivity index (χ4v) is 1.41. The van der Waals surface area contributed by atoms with Gasteiger partial charge in [0.1, 0.15) is 6.29 Å². The summed E-state index contributed by atoms with van der Waals surface area (Å²) in [6.07, 6.45) is 3.49. The Hall–Kier alpha value is -0.330. The quantitative estimate of drug-likeness (QED) is 0.549. The van der Waals surface area contributed by atoms with Crippen molar-refractivity contribution in [3.63, 3.8) is 0 Å². The van der Waals surface area contributed by atoms with Crippen LogP contribution in [0.5, 0.6) is 0 Å². The minimum absolute atomic E-state index is 0.0740. The van der Waals surface area contributed by atoms with Gasteiger partial charge in [0.25, 0.3) is 0 Å². The maximum absolute atomic E-state index is 10.5. The van der Waals surface area contributed by atoms with Crippen molar-refractivity contribution < 1.29 is 4.79 Å². The summed E-state index contributed by atoms with van der Waals surface area (Å²) in [4.78, 5) is 10.5. The first-order chi connectivity index (χ1) is 4.55. The van der Waals surface area contributed by atoms with E-state index in [4.69, 9.17) is 0 Å². The van der Waals surface area contributed by atoms with E-state index >= 15 is 0 Å². The molecule has 0 radical (unpaired) electrons. The first kappa shape index (κ1) is 7.77. The second-order valence-electron chi connectivity index (χ2n) is 4.28. The molecule has 1 fully saturated rings. The molecule has 2 atom stereocenters. The molecule has 2 unspecified atom stereocenters. The van der Waals surface area contributed by atoms with Crippen molar-refractivity contribution in [1.82, 2.24) is 0 Å². The molecule has 0 N–H and O–H groups in total.